The molecule has 3 aromatic rings. The fourth-order valence-corrected chi connectivity index (χ4v) is 4.45. The van der Waals surface area contributed by atoms with Gasteiger partial charge in [0.1, 0.15) is 17.1 Å². The van der Waals surface area contributed by atoms with Crippen LogP contribution in [0.1, 0.15) is 48.2 Å². The number of carbonyl (C=O) groups excluding carboxylic acids is 3. The summed E-state index contributed by atoms with van der Waals surface area (Å²) in [6, 6.07) is 16.9. The minimum atomic E-state index is -1.11. The summed E-state index contributed by atoms with van der Waals surface area (Å²) in [6.07, 6.45) is 0.796. The maximum absolute atomic E-state index is 14.8. The standard InChI is InChI=1S/C30H27FO7/c1-4-25(32)35-17-7-8-18-36-29(34)38-24-16-10-14-22(31)27(24)28(33)37-23-15-9-13-21-26(23)19-11-5-6-12-20(19)30(21,2)3/h4-6,9-16H,1,7-8,17-18H2,2-3H3. The molecule has 1 aliphatic rings. The second-order valence-electron chi connectivity index (χ2n) is 9.13. The van der Waals surface area contributed by atoms with Crippen LogP contribution in [-0.2, 0) is 19.7 Å². The molecule has 1 aliphatic carbocycles. The smallest absolute Gasteiger partial charge is 0.463 e. The summed E-state index contributed by atoms with van der Waals surface area (Å²) in [5.74, 6) is -2.50. The first-order chi connectivity index (χ1) is 18.2. The minimum absolute atomic E-state index is 0.0229. The Labute approximate surface area is 219 Å². The van der Waals surface area contributed by atoms with Crippen molar-refractivity contribution in [1.82, 2.24) is 0 Å². The number of fused-ring (bicyclic) bond motifs is 3. The van der Waals surface area contributed by atoms with Crippen molar-refractivity contribution < 1.29 is 37.7 Å². The lowest BCUT2D eigenvalue weighted by Gasteiger charge is -2.21. The number of esters is 2. The van der Waals surface area contributed by atoms with Crippen molar-refractivity contribution in [3.8, 4) is 22.6 Å². The van der Waals surface area contributed by atoms with Crippen LogP contribution in [0.4, 0.5) is 9.18 Å². The fraction of sp³-hybridized carbons (Fsp3) is 0.233. The highest BCUT2D eigenvalue weighted by atomic mass is 19.1. The number of carbonyl (C=O) groups is 3. The van der Waals surface area contributed by atoms with E-state index < -0.39 is 29.5 Å². The van der Waals surface area contributed by atoms with Crippen LogP contribution in [0.2, 0.25) is 0 Å². The van der Waals surface area contributed by atoms with Crippen LogP contribution in [0.3, 0.4) is 0 Å². The number of ether oxygens (including phenoxy) is 4. The summed E-state index contributed by atoms with van der Waals surface area (Å²) < 4.78 is 35.4. The molecule has 0 bridgehead atoms. The van der Waals surface area contributed by atoms with Gasteiger partial charge in [-0.1, -0.05) is 62.9 Å². The van der Waals surface area contributed by atoms with Gasteiger partial charge in [-0.3, -0.25) is 0 Å². The first kappa shape index (κ1) is 26.6. The molecule has 0 unspecified atom stereocenters. The first-order valence-electron chi connectivity index (χ1n) is 12.1. The number of benzene rings is 3. The number of unbranched alkanes of at least 4 members (excludes halogenated alkanes) is 1. The predicted molar refractivity (Wildman–Crippen MR) is 138 cm³/mol. The van der Waals surface area contributed by atoms with Crippen molar-refractivity contribution in [3.05, 3.63) is 95.8 Å². The highest BCUT2D eigenvalue weighted by Crippen LogP contribution is 2.52. The highest BCUT2D eigenvalue weighted by Gasteiger charge is 2.37. The Morgan fingerprint density at radius 1 is 0.842 bits per heavy atom. The van der Waals surface area contributed by atoms with Gasteiger partial charge in [-0.2, -0.15) is 0 Å². The molecule has 0 amide bonds. The van der Waals surface area contributed by atoms with Gasteiger partial charge in [0.05, 0.1) is 13.2 Å². The van der Waals surface area contributed by atoms with E-state index in [9.17, 15) is 18.8 Å². The Balaban J connectivity index is 1.47. The van der Waals surface area contributed by atoms with Gasteiger partial charge in [0.25, 0.3) is 0 Å². The largest absolute Gasteiger partial charge is 0.513 e. The molecule has 0 N–H and O–H groups in total. The molecule has 196 valence electrons. The average Bonchev–Trinajstić information content (AvgIpc) is 3.13. The maximum atomic E-state index is 14.8. The molecule has 0 radical (unpaired) electrons. The molecular weight excluding hydrogens is 491 g/mol. The number of hydrogen-bond acceptors (Lipinski definition) is 7. The van der Waals surface area contributed by atoms with E-state index in [1.165, 1.54) is 12.1 Å². The minimum Gasteiger partial charge on any atom is -0.463 e. The predicted octanol–water partition coefficient (Wildman–Crippen LogP) is 6.38. The summed E-state index contributed by atoms with van der Waals surface area (Å²) in [5.41, 5.74) is 2.94. The molecule has 0 saturated carbocycles. The molecular formula is C30H27FO7. The van der Waals surface area contributed by atoms with E-state index in [0.29, 0.717) is 12.8 Å². The normalized spacial score (nSPS) is 12.6. The van der Waals surface area contributed by atoms with Crippen molar-refractivity contribution in [1.29, 1.82) is 0 Å². The number of halogens is 1. The molecule has 0 fully saturated rings. The molecule has 38 heavy (non-hydrogen) atoms. The second kappa shape index (κ2) is 11.3. The van der Waals surface area contributed by atoms with Crippen molar-refractivity contribution in [2.24, 2.45) is 0 Å². The third-order valence-electron chi connectivity index (χ3n) is 6.31. The summed E-state index contributed by atoms with van der Waals surface area (Å²) in [7, 11) is 0. The average molecular weight is 519 g/mol. The monoisotopic (exact) mass is 518 g/mol. The lowest BCUT2D eigenvalue weighted by Crippen LogP contribution is -2.18. The number of rotatable bonds is 9. The van der Waals surface area contributed by atoms with Crippen LogP contribution in [-0.4, -0.2) is 31.3 Å². The lowest BCUT2D eigenvalue weighted by atomic mass is 9.82. The summed E-state index contributed by atoms with van der Waals surface area (Å²) in [6.45, 7) is 7.60. The zero-order valence-electron chi connectivity index (χ0n) is 21.1. The van der Waals surface area contributed by atoms with E-state index in [0.717, 1.165) is 34.4 Å². The molecule has 0 saturated heterocycles. The third-order valence-corrected chi connectivity index (χ3v) is 6.31. The van der Waals surface area contributed by atoms with Crippen LogP contribution in [0.5, 0.6) is 11.5 Å². The van der Waals surface area contributed by atoms with Crippen molar-refractivity contribution in [2.45, 2.75) is 32.1 Å². The van der Waals surface area contributed by atoms with Gasteiger partial charge in [0.15, 0.2) is 5.75 Å². The molecule has 0 aliphatic heterocycles. The molecule has 7 nitrogen and oxygen atoms in total. The third kappa shape index (κ3) is 5.44. The van der Waals surface area contributed by atoms with E-state index in [1.54, 1.807) is 12.1 Å². The van der Waals surface area contributed by atoms with E-state index >= 15 is 0 Å². The zero-order chi connectivity index (χ0) is 27.3. The SMILES string of the molecule is C=CC(=O)OCCCCOC(=O)Oc1cccc(F)c1C(=O)Oc1cccc2c1-c1ccccc1C2(C)C. The Hall–Kier alpha value is -4.46. The van der Waals surface area contributed by atoms with Gasteiger partial charge in [0.2, 0.25) is 0 Å². The van der Waals surface area contributed by atoms with E-state index in [1.807, 2.05) is 30.3 Å². The first-order valence-corrected chi connectivity index (χ1v) is 12.1. The Bertz CT molecular complexity index is 1390. The topological polar surface area (TPSA) is 88.1 Å². The fourth-order valence-electron chi connectivity index (χ4n) is 4.45. The highest BCUT2D eigenvalue weighted by molar-refractivity contribution is 5.96. The molecule has 0 aromatic heterocycles. The Kier molecular flexibility index (Phi) is 7.90. The van der Waals surface area contributed by atoms with Crippen molar-refractivity contribution in [2.75, 3.05) is 13.2 Å². The van der Waals surface area contributed by atoms with Crippen LogP contribution in [0, 0.1) is 5.82 Å². The summed E-state index contributed by atoms with van der Waals surface area (Å²) in [5, 5.41) is 0. The summed E-state index contributed by atoms with van der Waals surface area (Å²) >= 11 is 0. The lowest BCUT2D eigenvalue weighted by molar-refractivity contribution is -0.137. The molecule has 0 atom stereocenters. The van der Waals surface area contributed by atoms with Crippen LogP contribution >= 0.6 is 0 Å². The van der Waals surface area contributed by atoms with Gasteiger partial charge in [-0.05, 0) is 47.7 Å². The van der Waals surface area contributed by atoms with Crippen LogP contribution in [0.15, 0.2) is 73.3 Å². The quantitative estimate of drug-likeness (QED) is 0.107. The Morgan fingerprint density at radius 2 is 1.50 bits per heavy atom. The zero-order valence-corrected chi connectivity index (χ0v) is 21.1. The van der Waals surface area contributed by atoms with Crippen LogP contribution < -0.4 is 9.47 Å². The van der Waals surface area contributed by atoms with Gasteiger partial charge in [-0.25, -0.2) is 18.8 Å². The van der Waals surface area contributed by atoms with E-state index in [4.69, 9.17) is 18.9 Å². The van der Waals surface area contributed by atoms with Crippen molar-refractivity contribution in [3.63, 3.8) is 0 Å². The molecule has 0 heterocycles. The summed E-state index contributed by atoms with van der Waals surface area (Å²) in [4.78, 5) is 36.4. The van der Waals surface area contributed by atoms with E-state index in [2.05, 4.69) is 20.4 Å². The van der Waals surface area contributed by atoms with Crippen LogP contribution in [0.25, 0.3) is 11.1 Å². The molecule has 8 heteroatoms. The van der Waals surface area contributed by atoms with Gasteiger partial charge < -0.3 is 18.9 Å². The molecule has 4 rings (SSSR count). The maximum Gasteiger partial charge on any atom is 0.513 e. The van der Waals surface area contributed by atoms with Gasteiger partial charge >= 0.3 is 18.1 Å². The van der Waals surface area contributed by atoms with Gasteiger partial charge in [0, 0.05) is 17.1 Å². The molecule has 3 aromatic carbocycles. The Morgan fingerprint density at radius 3 is 2.26 bits per heavy atom. The number of hydrogen-bond donors (Lipinski definition) is 0. The van der Waals surface area contributed by atoms with Crippen molar-refractivity contribution >= 4 is 18.1 Å². The van der Waals surface area contributed by atoms with Gasteiger partial charge in [-0.15, -0.1) is 0 Å². The van der Waals surface area contributed by atoms with E-state index in [-0.39, 0.29) is 30.1 Å². The second-order valence-corrected chi connectivity index (χ2v) is 9.13. The molecule has 0 spiro atoms.